The summed E-state index contributed by atoms with van der Waals surface area (Å²) in [5.74, 6) is 0.634. The van der Waals surface area contributed by atoms with Crippen molar-refractivity contribution in [2.75, 3.05) is 0 Å². The largest absolute Gasteiger partial charge is 0.508 e. The van der Waals surface area contributed by atoms with E-state index in [1.165, 1.54) is 0 Å². The van der Waals surface area contributed by atoms with E-state index in [1.807, 2.05) is 82.4 Å². The van der Waals surface area contributed by atoms with Gasteiger partial charge in [-0.3, -0.25) is 0 Å². The third kappa shape index (κ3) is 6.14. The zero-order valence-corrected chi connectivity index (χ0v) is 16.0. The fourth-order valence-electron chi connectivity index (χ4n) is 2.53. The van der Waals surface area contributed by atoms with Crippen LogP contribution in [0.1, 0.15) is 49.9 Å². The fourth-order valence-corrected chi connectivity index (χ4v) is 2.53. The van der Waals surface area contributed by atoms with Gasteiger partial charge in [-0.2, -0.15) is 0 Å². The van der Waals surface area contributed by atoms with E-state index in [0.717, 1.165) is 22.3 Å². The third-order valence-corrected chi connectivity index (χ3v) is 3.56. The van der Waals surface area contributed by atoms with Crippen LogP contribution in [0.4, 0.5) is 0 Å². The summed E-state index contributed by atoms with van der Waals surface area (Å²) in [7, 11) is 0. The average Bonchev–Trinajstić information content (AvgIpc) is 2.63. The van der Waals surface area contributed by atoms with E-state index in [-0.39, 0.29) is 0 Å². The predicted molar refractivity (Wildman–Crippen MR) is 115 cm³/mol. The Morgan fingerprint density at radius 3 is 1.58 bits per heavy atom. The van der Waals surface area contributed by atoms with E-state index < -0.39 is 0 Å². The summed E-state index contributed by atoms with van der Waals surface area (Å²) < 4.78 is 0. The van der Waals surface area contributed by atoms with Crippen LogP contribution < -0.4 is 0 Å². The van der Waals surface area contributed by atoms with Crippen molar-refractivity contribution in [3.63, 3.8) is 0 Å². The Morgan fingerprint density at radius 1 is 0.615 bits per heavy atom. The molecule has 0 radical (unpaired) electrons. The number of hydrogen-bond acceptors (Lipinski definition) is 2. The molecule has 2 rings (SSSR count). The lowest BCUT2D eigenvalue weighted by atomic mass is 9.93. The Labute approximate surface area is 157 Å². The monoisotopic (exact) mass is 348 g/mol. The third-order valence-electron chi connectivity index (χ3n) is 3.56. The van der Waals surface area contributed by atoms with Crippen LogP contribution in [0.25, 0.3) is 24.3 Å². The van der Waals surface area contributed by atoms with Gasteiger partial charge in [0.2, 0.25) is 0 Å². The Hall–Kier alpha value is -3.00. The van der Waals surface area contributed by atoms with Gasteiger partial charge in [0.25, 0.3) is 0 Å². The van der Waals surface area contributed by atoms with Crippen molar-refractivity contribution in [2.45, 2.75) is 27.7 Å². The van der Waals surface area contributed by atoms with Gasteiger partial charge in [-0.05, 0) is 62.6 Å². The highest BCUT2D eigenvalue weighted by atomic mass is 16.3. The summed E-state index contributed by atoms with van der Waals surface area (Å²) in [6, 6.07) is 10.5. The van der Waals surface area contributed by atoms with Crippen molar-refractivity contribution in [3.8, 4) is 11.5 Å². The lowest BCUT2D eigenvalue weighted by molar-refractivity contribution is 0.473. The first kappa shape index (κ1) is 21.0. The lowest BCUT2D eigenvalue weighted by Crippen LogP contribution is -1.92. The minimum atomic E-state index is 0.313. The molecule has 0 saturated carbocycles. The number of aromatic hydroxyl groups is 2. The smallest absolute Gasteiger partial charge is 0.124 e. The van der Waals surface area contributed by atoms with Crippen LogP contribution in [-0.4, -0.2) is 10.2 Å². The minimum absolute atomic E-state index is 0.313. The molecule has 0 spiro atoms. The zero-order valence-electron chi connectivity index (χ0n) is 16.0. The standard InChI is InChI=1S/C18H22O.C6H6O/c1-5-9-14-13-18(19)17(12-8-4)16(11-7-3)15(14)10-6-2;7-6-4-2-1-3-5-6/h5-13,19H,1-4H3;1-5,7H. The van der Waals surface area contributed by atoms with Gasteiger partial charge >= 0.3 is 0 Å². The van der Waals surface area contributed by atoms with Crippen LogP contribution in [0.3, 0.4) is 0 Å². The van der Waals surface area contributed by atoms with Crippen molar-refractivity contribution in [1.29, 1.82) is 0 Å². The second kappa shape index (κ2) is 11.5. The maximum absolute atomic E-state index is 10.2. The van der Waals surface area contributed by atoms with E-state index in [4.69, 9.17) is 5.11 Å². The molecule has 0 bridgehead atoms. The molecule has 0 atom stereocenters. The summed E-state index contributed by atoms with van der Waals surface area (Å²) in [6.07, 6.45) is 16.0. The summed E-state index contributed by atoms with van der Waals surface area (Å²) in [5, 5.41) is 18.8. The molecule has 0 aromatic heterocycles. The number of phenolic OH excluding ortho intramolecular Hbond substituents is 2. The molecule has 0 fully saturated rings. The Balaban J connectivity index is 0.000000401. The van der Waals surface area contributed by atoms with Crippen LogP contribution in [0.15, 0.2) is 60.7 Å². The summed E-state index contributed by atoms with van der Waals surface area (Å²) in [5.41, 5.74) is 4.07. The molecule has 0 aliphatic carbocycles. The topological polar surface area (TPSA) is 40.5 Å². The first-order valence-electron chi connectivity index (χ1n) is 8.73. The van der Waals surface area contributed by atoms with Crippen molar-refractivity contribution >= 4 is 24.3 Å². The van der Waals surface area contributed by atoms with E-state index >= 15 is 0 Å². The second-order valence-electron chi connectivity index (χ2n) is 5.56. The number of para-hydroxylation sites is 1. The first-order chi connectivity index (χ1) is 12.6. The molecule has 0 aliphatic heterocycles. The molecule has 136 valence electrons. The van der Waals surface area contributed by atoms with Gasteiger partial charge in [0.1, 0.15) is 11.5 Å². The van der Waals surface area contributed by atoms with E-state index in [9.17, 15) is 5.11 Å². The average molecular weight is 348 g/mol. The van der Waals surface area contributed by atoms with Gasteiger partial charge in [0.15, 0.2) is 0 Å². The molecule has 2 aromatic carbocycles. The molecular weight excluding hydrogens is 320 g/mol. The number of allylic oxidation sites excluding steroid dienone is 4. The highest BCUT2D eigenvalue weighted by molar-refractivity contribution is 5.82. The molecule has 0 heterocycles. The Morgan fingerprint density at radius 2 is 1.12 bits per heavy atom. The highest BCUT2D eigenvalue weighted by Gasteiger charge is 2.11. The fraction of sp³-hybridized carbons (Fsp3) is 0.167. The molecular formula is C24H28O2. The zero-order chi connectivity index (χ0) is 19.4. The molecule has 26 heavy (non-hydrogen) atoms. The van der Waals surface area contributed by atoms with Crippen molar-refractivity contribution < 1.29 is 10.2 Å². The SMILES string of the molecule is CC=Cc1cc(O)c(C=CC)c(C=CC)c1C=CC.Oc1ccccc1. The summed E-state index contributed by atoms with van der Waals surface area (Å²) in [6.45, 7) is 7.92. The highest BCUT2D eigenvalue weighted by Crippen LogP contribution is 2.32. The summed E-state index contributed by atoms with van der Waals surface area (Å²) >= 11 is 0. The van der Waals surface area contributed by atoms with Crippen LogP contribution in [0, 0.1) is 0 Å². The molecule has 2 nitrogen and oxygen atoms in total. The normalized spacial score (nSPS) is 11.5. The minimum Gasteiger partial charge on any atom is -0.508 e. The Bertz CT molecular complexity index is 795. The van der Waals surface area contributed by atoms with E-state index in [0.29, 0.717) is 11.5 Å². The molecule has 2 heteroatoms. The van der Waals surface area contributed by atoms with E-state index in [2.05, 4.69) is 6.08 Å². The maximum Gasteiger partial charge on any atom is 0.124 e. The van der Waals surface area contributed by atoms with Crippen molar-refractivity contribution in [3.05, 3.63) is 83.0 Å². The van der Waals surface area contributed by atoms with E-state index in [1.54, 1.807) is 24.3 Å². The number of rotatable bonds is 4. The molecule has 0 unspecified atom stereocenters. The Kier molecular flexibility index (Phi) is 9.34. The molecule has 0 aliphatic rings. The predicted octanol–water partition coefficient (Wildman–Crippen LogP) is 6.92. The number of hydrogen-bond donors (Lipinski definition) is 2. The molecule has 2 N–H and O–H groups in total. The number of benzene rings is 2. The second-order valence-corrected chi connectivity index (χ2v) is 5.56. The quantitative estimate of drug-likeness (QED) is 0.629. The first-order valence-corrected chi connectivity index (χ1v) is 8.73. The van der Waals surface area contributed by atoms with Crippen LogP contribution in [0.5, 0.6) is 11.5 Å². The van der Waals surface area contributed by atoms with Crippen LogP contribution >= 0.6 is 0 Å². The lowest BCUT2D eigenvalue weighted by Gasteiger charge is -2.13. The van der Waals surface area contributed by atoms with Gasteiger partial charge < -0.3 is 10.2 Å². The van der Waals surface area contributed by atoms with Gasteiger partial charge in [-0.15, -0.1) is 0 Å². The molecule has 0 saturated heterocycles. The van der Waals surface area contributed by atoms with Crippen LogP contribution in [0.2, 0.25) is 0 Å². The molecule has 0 amide bonds. The van der Waals surface area contributed by atoms with Gasteiger partial charge in [-0.1, -0.05) is 66.8 Å². The van der Waals surface area contributed by atoms with Crippen LogP contribution in [-0.2, 0) is 0 Å². The maximum atomic E-state index is 10.2. The van der Waals surface area contributed by atoms with Gasteiger partial charge in [-0.25, -0.2) is 0 Å². The molecule has 2 aromatic rings. The number of phenols is 2. The van der Waals surface area contributed by atoms with Crippen molar-refractivity contribution in [2.24, 2.45) is 0 Å². The van der Waals surface area contributed by atoms with Gasteiger partial charge in [0, 0.05) is 5.56 Å². The summed E-state index contributed by atoms with van der Waals surface area (Å²) in [4.78, 5) is 0. The van der Waals surface area contributed by atoms with Gasteiger partial charge in [0.05, 0.1) is 0 Å². The van der Waals surface area contributed by atoms with Crippen molar-refractivity contribution in [1.82, 2.24) is 0 Å².